The largest absolute Gasteiger partial charge is 0.303 e. The van der Waals surface area contributed by atoms with Gasteiger partial charge in [0, 0.05) is 11.8 Å². The number of carbonyl (C=O) groups excluding carboxylic acids is 2. The molecular weight excluding hydrogens is 224 g/mol. The van der Waals surface area contributed by atoms with Gasteiger partial charge in [0.25, 0.3) is 0 Å². The molecule has 0 aliphatic rings. The lowest BCUT2D eigenvalue weighted by atomic mass is 10.0. The van der Waals surface area contributed by atoms with Gasteiger partial charge < -0.3 is 9.59 Å². The molecule has 0 aromatic heterocycles. The maximum atomic E-state index is 10.3. The van der Waals surface area contributed by atoms with Gasteiger partial charge in [-0.2, -0.15) is 0 Å². The Morgan fingerprint density at radius 3 is 1.50 bits per heavy atom. The van der Waals surface area contributed by atoms with Gasteiger partial charge in [0.15, 0.2) is 0 Å². The second kappa shape index (κ2) is 16.3. The lowest BCUT2D eigenvalue weighted by molar-refractivity contribution is -0.112. The van der Waals surface area contributed by atoms with E-state index < -0.39 is 0 Å². The van der Waals surface area contributed by atoms with Crippen LogP contribution >= 0.6 is 0 Å². The van der Waals surface area contributed by atoms with Crippen LogP contribution in [0.15, 0.2) is 0 Å². The Hall–Kier alpha value is -0.660. The summed E-state index contributed by atoms with van der Waals surface area (Å²) in [6.45, 7) is 8.45. The van der Waals surface area contributed by atoms with E-state index in [1.165, 1.54) is 12.8 Å². The summed E-state index contributed by atoms with van der Waals surface area (Å²) in [5.41, 5.74) is 0. The van der Waals surface area contributed by atoms with Crippen molar-refractivity contribution in [2.24, 2.45) is 11.8 Å². The van der Waals surface area contributed by atoms with Crippen molar-refractivity contribution in [1.82, 2.24) is 0 Å². The maximum absolute atomic E-state index is 10.3. The highest BCUT2D eigenvalue weighted by molar-refractivity contribution is 5.53. The Morgan fingerprint density at radius 2 is 1.22 bits per heavy atom. The van der Waals surface area contributed by atoms with Crippen molar-refractivity contribution < 1.29 is 9.59 Å². The van der Waals surface area contributed by atoms with Crippen LogP contribution in [-0.2, 0) is 9.59 Å². The summed E-state index contributed by atoms with van der Waals surface area (Å²) < 4.78 is 0. The van der Waals surface area contributed by atoms with Gasteiger partial charge in [0.2, 0.25) is 0 Å². The lowest BCUT2D eigenvalue weighted by Crippen LogP contribution is -1.99. The van der Waals surface area contributed by atoms with E-state index in [4.69, 9.17) is 0 Å². The molecule has 18 heavy (non-hydrogen) atoms. The monoisotopic (exact) mass is 256 g/mol. The molecule has 108 valence electrons. The van der Waals surface area contributed by atoms with Crippen molar-refractivity contribution >= 4 is 12.6 Å². The summed E-state index contributed by atoms with van der Waals surface area (Å²) in [4.78, 5) is 20.5. The second-order valence-corrected chi connectivity index (χ2v) is 4.92. The van der Waals surface area contributed by atoms with E-state index in [2.05, 4.69) is 27.7 Å². The first-order valence-corrected chi connectivity index (χ1v) is 7.60. The second-order valence-electron chi connectivity index (χ2n) is 4.92. The van der Waals surface area contributed by atoms with Crippen molar-refractivity contribution in [1.29, 1.82) is 0 Å². The fraction of sp³-hybridized carbons (Fsp3) is 0.875. The highest BCUT2D eigenvalue weighted by Crippen LogP contribution is 2.09. The highest BCUT2D eigenvalue weighted by Gasteiger charge is 2.02. The summed E-state index contributed by atoms with van der Waals surface area (Å²) in [6, 6.07) is 0. The molecule has 0 saturated heterocycles. The van der Waals surface area contributed by atoms with E-state index in [-0.39, 0.29) is 0 Å². The molecule has 0 aromatic carbocycles. The predicted molar refractivity (Wildman–Crippen MR) is 78.7 cm³/mol. The minimum absolute atomic E-state index is 0.324. The molecule has 0 saturated carbocycles. The molecule has 0 N–H and O–H groups in total. The minimum atomic E-state index is 0.324. The van der Waals surface area contributed by atoms with Crippen LogP contribution in [0.3, 0.4) is 0 Å². The van der Waals surface area contributed by atoms with Crippen LogP contribution in [0.1, 0.15) is 79.1 Å². The van der Waals surface area contributed by atoms with Crippen LogP contribution in [0.25, 0.3) is 0 Å². The van der Waals surface area contributed by atoms with Gasteiger partial charge in [-0.25, -0.2) is 0 Å². The van der Waals surface area contributed by atoms with Crippen LogP contribution < -0.4 is 0 Å². The number of unbranched alkanes of at least 4 members (excludes halogenated alkanes) is 1. The Balaban J connectivity index is 0. The van der Waals surface area contributed by atoms with Crippen molar-refractivity contribution in [3.05, 3.63) is 0 Å². The van der Waals surface area contributed by atoms with Crippen LogP contribution in [0.5, 0.6) is 0 Å². The first kappa shape index (κ1) is 19.7. The van der Waals surface area contributed by atoms with E-state index in [0.717, 1.165) is 51.1 Å². The van der Waals surface area contributed by atoms with E-state index >= 15 is 0 Å². The number of hydrogen-bond acceptors (Lipinski definition) is 2. The predicted octanol–water partition coefficient (Wildman–Crippen LogP) is 4.80. The van der Waals surface area contributed by atoms with Gasteiger partial charge in [-0.1, -0.05) is 53.4 Å². The van der Waals surface area contributed by atoms with Crippen molar-refractivity contribution in [2.45, 2.75) is 79.1 Å². The minimum Gasteiger partial charge on any atom is -0.303 e. The van der Waals surface area contributed by atoms with Crippen molar-refractivity contribution in [3.8, 4) is 0 Å². The van der Waals surface area contributed by atoms with Crippen molar-refractivity contribution in [3.63, 3.8) is 0 Å². The fourth-order valence-electron chi connectivity index (χ4n) is 1.86. The van der Waals surface area contributed by atoms with E-state index in [1.54, 1.807) is 0 Å². The molecule has 0 aliphatic carbocycles. The molecule has 0 aliphatic heterocycles. The van der Waals surface area contributed by atoms with Gasteiger partial charge in [0.05, 0.1) is 0 Å². The number of carbonyl (C=O) groups is 2. The first-order valence-electron chi connectivity index (χ1n) is 7.60. The molecule has 0 fully saturated rings. The van der Waals surface area contributed by atoms with Crippen LogP contribution in [0.2, 0.25) is 0 Å². The first-order chi connectivity index (χ1) is 8.69. The number of hydrogen-bond donors (Lipinski definition) is 0. The topological polar surface area (TPSA) is 34.1 Å². The maximum Gasteiger partial charge on any atom is 0.123 e. The molecule has 0 rings (SSSR count). The quantitative estimate of drug-likeness (QED) is 0.526. The number of aldehydes is 2. The van der Waals surface area contributed by atoms with E-state index in [0.29, 0.717) is 11.8 Å². The summed E-state index contributed by atoms with van der Waals surface area (Å²) in [7, 11) is 0. The van der Waals surface area contributed by atoms with Gasteiger partial charge in [-0.05, 0) is 25.7 Å². The third-order valence-electron chi connectivity index (χ3n) is 3.16. The summed E-state index contributed by atoms with van der Waals surface area (Å²) in [6.07, 6.45) is 11.0. The smallest absolute Gasteiger partial charge is 0.123 e. The van der Waals surface area contributed by atoms with Gasteiger partial charge in [0.1, 0.15) is 12.6 Å². The summed E-state index contributed by atoms with van der Waals surface area (Å²) in [5, 5.41) is 0. The van der Waals surface area contributed by atoms with Gasteiger partial charge in [-0.3, -0.25) is 0 Å². The molecule has 0 radical (unpaired) electrons. The number of rotatable bonds is 10. The normalized spacial score (nSPS) is 11.6. The van der Waals surface area contributed by atoms with Gasteiger partial charge >= 0.3 is 0 Å². The molecule has 1 atom stereocenters. The SMILES string of the molecule is CCCC(C=O)CCC.CCCCC(C=O)CC. The van der Waals surface area contributed by atoms with Crippen LogP contribution in [0, 0.1) is 11.8 Å². The Labute approximate surface area is 114 Å². The Kier molecular flexibility index (Phi) is 17.9. The molecule has 0 aromatic rings. The summed E-state index contributed by atoms with van der Waals surface area (Å²) in [5.74, 6) is 0.657. The third-order valence-corrected chi connectivity index (χ3v) is 3.16. The fourth-order valence-corrected chi connectivity index (χ4v) is 1.86. The lowest BCUT2D eigenvalue weighted by Gasteiger charge is -2.04. The zero-order chi connectivity index (χ0) is 14.2. The van der Waals surface area contributed by atoms with E-state index in [1.807, 2.05) is 0 Å². The molecule has 1 unspecified atom stereocenters. The molecule has 2 nitrogen and oxygen atoms in total. The third kappa shape index (κ3) is 13.4. The molecule has 2 heteroatoms. The molecule has 0 amide bonds. The average molecular weight is 256 g/mol. The Morgan fingerprint density at radius 1 is 0.722 bits per heavy atom. The molecular formula is C16H32O2. The van der Waals surface area contributed by atoms with Gasteiger partial charge in [-0.15, -0.1) is 0 Å². The molecule has 0 spiro atoms. The highest BCUT2D eigenvalue weighted by atomic mass is 16.1. The zero-order valence-electron chi connectivity index (χ0n) is 12.8. The standard InChI is InChI=1S/2C8H16O/c1-3-5-6-8(4-2)7-9;1-3-5-8(7-9)6-4-2/h2*7-8H,3-6H2,1-2H3. The molecule has 0 heterocycles. The molecule has 0 bridgehead atoms. The zero-order valence-corrected chi connectivity index (χ0v) is 12.8. The van der Waals surface area contributed by atoms with E-state index in [9.17, 15) is 9.59 Å². The average Bonchev–Trinajstić information content (AvgIpc) is 2.40. The summed E-state index contributed by atoms with van der Waals surface area (Å²) >= 11 is 0. The van der Waals surface area contributed by atoms with Crippen molar-refractivity contribution in [2.75, 3.05) is 0 Å². The van der Waals surface area contributed by atoms with Crippen LogP contribution in [0.4, 0.5) is 0 Å². The van der Waals surface area contributed by atoms with Crippen LogP contribution in [-0.4, -0.2) is 12.6 Å². The Bertz CT molecular complexity index is 172.